The highest BCUT2D eigenvalue weighted by Crippen LogP contribution is 2.50. The van der Waals surface area contributed by atoms with Crippen LogP contribution in [0.5, 0.6) is 0 Å². The van der Waals surface area contributed by atoms with Gasteiger partial charge in [-0.25, -0.2) is 4.79 Å². The molecule has 0 heterocycles. The topological polar surface area (TPSA) is 35.5 Å². The molecule has 4 heteroatoms. The fraction of sp³-hybridized carbons (Fsp3) is 0.808. The first kappa shape index (κ1) is 27.0. The van der Waals surface area contributed by atoms with Gasteiger partial charge >= 0.3 is 5.97 Å². The number of ether oxygens (including phenoxy) is 1. The third kappa shape index (κ3) is 7.27. The molecule has 0 unspecified atom stereocenters. The quantitative estimate of drug-likeness (QED) is 0.152. The minimum Gasteiger partial charge on any atom is -0.456 e. The van der Waals surface area contributed by atoms with E-state index in [1.165, 1.54) is 5.57 Å². The standard InChI is InChI=1S/C26H46O3Si/c1-12-28-23(27)16-18-26(29-30(10,11)25(7,8)9)17-15-21(24(4,5)6)19-22(26)14-13-20(2)3/h13,21-22H,12,14-15,17,19H2,1-11H3/t21-,22-,26+/m0/s1. The lowest BCUT2D eigenvalue weighted by atomic mass is 9.63. The lowest BCUT2D eigenvalue weighted by Gasteiger charge is -2.51. The molecular weight excluding hydrogens is 388 g/mol. The average molecular weight is 435 g/mol. The van der Waals surface area contributed by atoms with Crippen molar-refractivity contribution in [1.29, 1.82) is 0 Å². The van der Waals surface area contributed by atoms with Crippen LogP contribution in [0.25, 0.3) is 0 Å². The smallest absolute Gasteiger partial charge is 0.384 e. The van der Waals surface area contributed by atoms with Gasteiger partial charge in [0.2, 0.25) is 0 Å². The molecule has 0 saturated heterocycles. The summed E-state index contributed by atoms with van der Waals surface area (Å²) in [6.45, 7) is 24.8. The highest BCUT2D eigenvalue weighted by Gasteiger charge is 2.51. The molecular formula is C26H46O3Si. The molecule has 0 aromatic heterocycles. The Bertz CT molecular complexity index is 678. The van der Waals surface area contributed by atoms with Crippen molar-refractivity contribution in [2.45, 2.75) is 112 Å². The largest absolute Gasteiger partial charge is 0.456 e. The molecule has 0 amide bonds. The van der Waals surface area contributed by atoms with Crippen molar-refractivity contribution in [3.8, 4) is 11.8 Å². The first-order chi connectivity index (χ1) is 13.5. The highest BCUT2D eigenvalue weighted by atomic mass is 28.4. The van der Waals surface area contributed by atoms with Crippen molar-refractivity contribution in [2.24, 2.45) is 17.3 Å². The minimum absolute atomic E-state index is 0.0769. The van der Waals surface area contributed by atoms with Crippen molar-refractivity contribution < 1.29 is 14.0 Å². The predicted octanol–water partition coefficient (Wildman–Crippen LogP) is 7.13. The van der Waals surface area contributed by atoms with Crippen LogP contribution in [0.1, 0.15) is 88.0 Å². The van der Waals surface area contributed by atoms with E-state index in [1.807, 2.05) is 6.92 Å². The van der Waals surface area contributed by atoms with Crippen LogP contribution in [0.15, 0.2) is 11.6 Å². The molecule has 0 bridgehead atoms. The van der Waals surface area contributed by atoms with Gasteiger partial charge in [0, 0.05) is 11.8 Å². The van der Waals surface area contributed by atoms with E-state index in [0.717, 1.165) is 25.7 Å². The molecule has 0 aromatic rings. The number of carbonyl (C=O) groups excluding carboxylic acids is 1. The molecule has 1 aliphatic carbocycles. The lowest BCUT2D eigenvalue weighted by molar-refractivity contribution is -0.136. The number of allylic oxidation sites excluding steroid dienone is 2. The molecule has 0 aliphatic heterocycles. The summed E-state index contributed by atoms with van der Waals surface area (Å²) in [6, 6.07) is 0. The molecule has 1 rings (SSSR count). The van der Waals surface area contributed by atoms with Crippen molar-refractivity contribution in [1.82, 2.24) is 0 Å². The Morgan fingerprint density at radius 2 is 1.77 bits per heavy atom. The van der Waals surface area contributed by atoms with Crippen LogP contribution in [-0.2, 0) is 14.0 Å². The third-order valence-electron chi connectivity index (χ3n) is 7.02. The first-order valence-corrected chi connectivity index (χ1v) is 14.5. The summed E-state index contributed by atoms with van der Waals surface area (Å²) in [7, 11) is -2.10. The summed E-state index contributed by atoms with van der Waals surface area (Å²) in [5.41, 5.74) is 0.970. The zero-order chi connectivity index (χ0) is 23.4. The summed E-state index contributed by atoms with van der Waals surface area (Å²) in [6.07, 6.45) is 6.25. The molecule has 1 aliphatic rings. The van der Waals surface area contributed by atoms with Crippen molar-refractivity contribution in [3.63, 3.8) is 0 Å². The number of hydrogen-bond acceptors (Lipinski definition) is 3. The van der Waals surface area contributed by atoms with Crippen molar-refractivity contribution in [3.05, 3.63) is 11.6 Å². The van der Waals surface area contributed by atoms with Crippen LogP contribution in [0.3, 0.4) is 0 Å². The highest BCUT2D eigenvalue weighted by molar-refractivity contribution is 6.74. The van der Waals surface area contributed by atoms with E-state index < -0.39 is 19.9 Å². The molecule has 0 spiro atoms. The molecule has 0 N–H and O–H groups in total. The van der Waals surface area contributed by atoms with Gasteiger partial charge in [0.15, 0.2) is 8.32 Å². The first-order valence-electron chi connectivity index (χ1n) is 11.6. The summed E-state index contributed by atoms with van der Waals surface area (Å²) < 4.78 is 12.2. The van der Waals surface area contributed by atoms with Gasteiger partial charge in [-0.15, -0.1) is 0 Å². The average Bonchev–Trinajstić information content (AvgIpc) is 2.57. The Hall–Kier alpha value is -1.05. The monoisotopic (exact) mass is 434 g/mol. The maximum atomic E-state index is 12.1. The molecule has 3 atom stereocenters. The molecule has 3 nitrogen and oxygen atoms in total. The normalized spacial score (nSPS) is 25.2. The van der Waals surface area contributed by atoms with E-state index in [2.05, 4.69) is 86.4 Å². The Kier molecular flexibility index (Phi) is 9.03. The Morgan fingerprint density at radius 1 is 1.17 bits per heavy atom. The van der Waals surface area contributed by atoms with Gasteiger partial charge in [-0.2, -0.15) is 0 Å². The van der Waals surface area contributed by atoms with E-state index in [1.54, 1.807) is 0 Å². The van der Waals surface area contributed by atoms with Gasteiger partial charge < -0.3 is 9.16 Å². The van der Waals surface area contributed by atoms with Crippen LogP contribution in [0.2, 0.25) is 18.1 Å². The maximum absolute atomic E-state index is 12.1. The summed E-state index contributed by atoms with van der Waals surface area (Å²) >= 11 is 0. The Balaban J connectivity index is 3.48. The maximum Gasteiger partial charge on any atom is 0.384 e. The zero-order valence-corrected chi connectivity index (χ0v) is 22.5. The molecule has 0 aromatic carbocycles. The summed E-state index contributed by atoms with van der Waals surface area (Å²) in [4.78, 5) is 12.1. The van der Waals surface area contributed by atoms with E-state index in [-0.39, 0.29) is 16.4 Å². The fourth-order valence-electron chi connectivity index (χ4n) is 3.95. The lowest BCUT2D eigenvalue weighted by Crippen LogP contribution is -2.55. The van der Waals surface area contributed by atoms with Crippen LogP contribution >= 0.6 is 0 Å². The van der Waals surface area contributed by atoms with E-state index in [0.29, 0.717) is 12.5 Å². The van der Waals surface area contributed by atoms with Crippen LogP contribution < -0.4 is 0 Å². The SMILES string of the molecule is CCOC(=O)C#C[C@]1(O[Si](C)(C)C(C)(C)C)CC[C@H](C(C)(C)C)C[C@@H]1CC=C(C)C. The van der Waals surface area contributed by atoms with Gasteiger partial charge in [0.05, 0.1) is 6.61 Å². The Labute approximate surface area is 187 Å². The molecule has 30 heavy (non-hydrogen) atoms. The fourth-order valence-corrected chi connectivity index (χ4v) is 5.49. The van der Waals surface area contributed by atoms with Crippen molar-refractivity contribution >= 4 is 14.3 Å². The molecule has 172 valence electrons. The Morgan fingerprint density at radius 3 is 2.23 bits per heavy atom. The number of esters is 1. The van der Waals surface area contributed by atoms with Gasteiger partial charge in [-0.3, -0.25) is 0 Å². The second-order valence-electron chi connectivity index (χ2n) is 11.8. The molecule has 0 radical (unpaired) electrons. The van der Waals surface area contributed by atoms with Crippen molar-refractivity contribution in [2.75, 3.05) is 6.61 Å². The van der Waals surface area contributed by atoms with Gasteiger partial charge in [0.1, 0.15) is 5.60 Å². The van der Waals surface area contributed by atoms with E-state index in [9.17, 15) is 4.79 Å². The second-order valence-corrected chi connectivity index (χ2v) is 16.5. The molecule has 1 fully saturated rings. The van der Waals surface area contributed by atoms with E-state index in [4.69, 9.17) is 9.16 Å². The van der Waals surface area contributed by atoms with E-state index >= 15 is 0 Å². The van der Waals surface area contributed by atoms with Crippen LogP contribution in [-0.4, -0.2) is 26.5 Å². The number of carbonyl (C=O) groups is 1. The van der Waals surface area contributed by atoms with Gasteiger partial charge in [-0.1, -0.05) is 59.1 Å². The predicted molar refractivity (Wildman–Crippen MR) is 130 cm³/mol. The molecule has 1 saturated carbocycles. The second kappa shape index (κ2) is 10.0. The van der Waals surface area contributed by atoms with Gasteiger partial charge in [0.25, 0.3) is 0 Å². The van der Waals surface area contributed by atoms with Crippen LogP contribution in [0.4, 0.5) is 0 Å². The minimum atomic E-state index is -2.10. The summed E-state index contributed by atoms with van der Waals surface area (Å²) in [5, 5.41) is 0.0769. The summed E-state index contributed by atoms with van der Waals surface area (Å²) in [5.74, 6) is 6.59. The third-order valence-corrected chi connectivity index (χ3v) is 11.5. The number of rotatable bonds is 5. The number of hydrogen-bond donors (Lipinski definition) is 0. The van der Waals surface area contributed by atoms with Gasteiger partial charge in [-0.05, 0) is 75.9 Å². The van der Waals surface area contributed by atoms with Crippen LogP contribution in [0, 0.1) is 29.1 Å². The zero-order valence-electron chi connectivity index (χ0n) is 21.5.